The van der Waals surface area contributed by atoms with Gasteiger partial charge in [0.05, 0.1) is 6.07 Å². The molecule has 1 N–H and O–H groups in total. The van der Waals surface area contributed by atoms with Crippen LogP contribution >= 0.6 is 0 Å². The second kappa shape index (κ2) is 5.65. The molecule has 0 amide bonds. The van der Waals surface area contributed by atoms with Gasteiger partial charge in [-0.2, -0.15) is 5.26 Å². The predicted molar refractivity (Wildman–Crippen MR) is 67.4 cm³/mol. The predicted octanol–water partition coefficient (Wildman–Crippen LogP) is 2.15. The molecule has 3 nitrogen and oxygen atoms in total. The molecular weight excluding hydrogens is 217 g/mol. The molecule has 1 atom stereocenters. The summed E-state index contributed by atoms with van der Waals surface area (Å²) in [5, 5.41) is 12.0. The monoisotopic (exact) mass is 235 g/mol. The maximum absolute atomic E-state index is 13.0. The van der Waals surface area contributed by atoms with Gasteiger partial charge in [0.1, 0.15) is 11.4 Å². The summed E-state index contributed by atoms with van der Waals surface area (Å²) in [6.07, 6.45) is 0.674. The summed E-state index contributed by atoms with van der Waals surface area (Å²) in [4.78, 5) is 1.94. The van der Waals surface area contributed by atoms with Crippen LogP contribution in [-0.2, 0) is 0 Å². The van der Waals surface area contributed by atoms with Crippen molar-refractivity contribution in [2.75, 3.05) is 25.5 Å². The second-order valence-corrected chi connectivity index (χ2v) is 4.35. The van der Waals surface area contributed by atoms with Crippen LogP contribution in [0.3, 0.4) is 0 Å². The van der Waals surface area contributed by atoms with Gasteiger partial charge in [-0.3, -0.25) is 0 Å². The summed E-state index contributed by atoms with van der Waals surface area (Å²) in [7, 11) is 3.66. The zero-order valence-corrected chi connectivity index (χ0v) is 10.5. The van der Waals surface area contributed by atoms with Gasteiger partial charge in [-0.15, -0.1) is 0 Å². The van der Waals surface area contributed by atoms with E-state index >= 15 is 0 Å². The Morgan fingerprint density at radius 3 is 2.76 bits per heavy atom. The van der Waals surface area contributed by atoms with Gasteiger partial charge in [-0.25, -0.2) is 4.39 Å². The number of hydrogen-bond acceptors (Lipinski definition) is 3. The van der Waals surface area contributed by atoms with Gasteiger partial charge in [-0.05, 0) is 38.6 Å². The highest BCUT2D eigenvalue weighted by Gasteiger charge is 2.21. The largest absolute Gasteiger partial charge is 0.374 e. The summed E-state index contributed by atoms with van der Waals surface area (Å²) in [6, 6.07) is 8.68. The fourth-order valence-corrected chi connectivity index (χ4v) is 1.47. The van der Waals surface area contributed by atoms with Gasteiger partial charge in [0.15, 0.2) is 0 Å². The van der Waals surface area contributed by atoms with E-state index in [0.29, 0.717) is 13.0 Å². The third-order valence-corrected chi connectivity index (χ3v) is 2.99. The molecule has 0 radical (unpaired) electrons. The Kier molecular flexibility index (Phi) is 4.47. The zero-order chi connectivity index (χ0) is 12.9. The molecule has 0 aromatic heterocycles. The highest BCUT2D eigenvalue weighted by atomic mass is 19.1. The smallest absolute Gasteiger partial charge is 0.125 e. The summed E-state index contributed by atoms with van der Waals surface area (Å²) < 4.78 is 13.0. The van der Waals surface area contributed by atoms with E-state index in [-0.39, 0.29) is 5.82 Å². The van der Waals surface area contributed by atoms with Crippen LogP contribution in [0.1, 0.15) is 13.3 Å². The lowest BCUT2D eigenvalue weighted by Crippen LogP contribution is -2.41. The Morgan fingerprint density at radius 2 is 2.24 bits per heavy atom. The summed E-state index contributed by atoms with van der Waals surface area (Å²) >= 11 is 0. The third-order valence-electron chi connectivity index (χ3n) is 2.99. The van der Waals surface area contributed by atoms with Crippen molar-refractivity contribution in [1.29, 1.82) is 5.26 Å². The summed E-state index contributed by atoms with van der Waals surface area (Å²) in [6.45, 7) is 2.54. The molecule has 1 rings (SSSR count). The van der Waals surface area contributed by atoms with Gasteiger partial charge < -0.3 is 10.2 Å². The molecule has 0 aliphatic rings. The minimum atomic E-state index is -0.540. The van der Waals surface area contributed by atoms with Gasteiger partial charge in [0, 0.05) is 19.3 Å². The molecule has 0 saturated carbocycles. The average molecular weight is 235 g/mol. The molecule has 0 saturated heterocycles. The topological polar surface area (TPSA) is 39.1 Å². The van der Waals surface area contributed by atoms with E-state index < -0.39 is 5.54 Å². The van der Waals surface area contributed by atoms with Crippen molar-refractivity contribution in [3.8, 4) is 6.07 Å². The first-order chi connectivity index (χ1) is 8.00. The normalized spacial score (nSPS) is 13.8. The molecule has 17 heavy (non-hydrogen) atoms. The van der Waals surface area contributed by atoms with E-state index in [1.54, 1.807) is 13.1 Å². The molecule has 0 aliphatic heterocycles. The molecule has 1 aromatic rings. The molecule has 0 fully saturated rings. The SMILES string of the molecule is CNC(C)(C#N)CCN(C)c1cccc(F)c1. The Labute approximate surface area is 102 Å². The lowest BCUT2D eigenvalue weighted by Gasteiger charge is -2.26. The van der Waals surface area contributed by atoms with Gasteiger partial charge >= 0.3 is 0 Å². The first kappa shape index (κ1) is 13.5. The van der Waals surface area contributed by atoms with Gasteiger partial charge in [0.2, 0.25) is 0 Å². The van der Waals surface area contributed by atoms with E-state index in [0.717, 1.165) is 5.69 Å². The van der Waals surface area contributed by atoms with Crippen molar-refractivity contribution in [3.05, 3.63) is 30.1 Å². The Balaban J connectivity index is 2.62. The first-order valence-electron chi connectivity index (χ1n) is 5.57. The number of halogens is 1. The molecule has 4 heteroatoms. The van der Waals surface area contributed by atoms with Crippen LogP contribution in [0.2, 0.25) is 0 Å². The summed E-state index contributed by atoms with van der Waals surface area (Å²) in [5.74, 6) is -0.244. The number of rotatable bonds is 5. The van der Waals surface area contributed by atoms with Crippen LogP contribution in [0.4, 0.5) is 10.1 Å². The van der Waals surface area contributed by atoms with E-state index in [9.17, 15) is 4.39 Å². The van der Waals surface area contributed by atoms with Crippen LogP contribution < -0.4 is 10.2 Å². The van der Waals surface area contributed by atoms with Crippen LogP contribution in [0.25, 0.3) is 0 Å². The fourth-order valence-electron chi connectivity index (χ4n) is 1.47. The molecule has 0 bridgehead atoms. The Hall–Kier alpha value is -1.60. The lowest BCUT2D eigenvalue weighted by molar-refractivity contribution is 0.457. The maximum atomic E-state index is 13.0. The number of benzene rings is 1. The van der Waals surface area contributed by atoms with Crippen LogP contribution in [0, 0.1) is 17.1 Å². The minimum Gasteiger partial charge on any atom is -0.374 e. The number of nitrogens with zero attached hydrogens (tertiary/aromatic N) is 2. The molecule has 0 heterocycles. The van der Waals surface area contributed by atoms with E-state index in [2.05, 4.69) is 11.4 Å². The molecular formula is C13H18FN3. The fraction of sp³-hybridized carbons (Fsp3) is 0.462. The molecule has 1 aromatic carbocycles. The second-order valence-electron chi connectivity index (χ2n) is 4.35. The van der Waals surface area contributed by atoms with Gasteiger partial charge in [0.25, 0.3) is 0 Å². The van der Waals surface area contributed by atoms with Crippen LogP contribution in [0.5, 0.6) is 0 Å². The molecule has 0 aliphatic carbocycles. The number of anilines is 1. The average Bonchev–Trinajstić information content (AvgIpc) is 2.35. The van der Waals surface area contributed by atoms with E-state index in [4.69, 9.17) is 5.26 Å². The van der Waals surface area contributed by atoms with Gasteiger partial charge in [-0.1, -0.05) is 6.07 Å². The van der Waals surface area contributed by atoms with Crippen molar-refractivity contribution >= 4 is 5.69 Å². The highest BCUT2D eigenvalue weighted by Crippen LogP contribution is 2.16. The number of hydrogen-bond donors (Lipinski definition) is 1. The van der Waals surface area contributed by atoms with Crippen LogP contribution in [-0.4, -0.2) is 26.2 Å². The minimum absolute atomic E-state index is 0.244. The standard InChI is InChI=1S/C13H18FN3/c1-13(10-15,16-2)7-8-17(3)12-6-4-5-11(14)9-12/h4-6,9,16H,7-8H2,1-3H3. The lowest BCUT2D eigenvalue weighted by atomic mass is 10.00. The highest BCUT2D eigenvalue weighted by molar-refractivity contribution is 5.45. The zero-order valence-electron chi connectivity index (χ0n) is 10.5. The quantitative estimate of drug-likeness (QED) is 0.850. The Bertz CT molecular complexity index is 413. The van der Waals surface area contributed by atoms with Crippen LogP contribution in [0.15, 0.2) is 24.3 Å². The Morgan fingerprint density at radius 1 is 1.53 bits per heavy atom. The number of nitriles is 1. The maximum Gasteiger partial charge on any atom is 0.125 e. The first-order valence-corrected chi connectivity index (χ1v) is 5.57. The van der Waals surface area contributed by atoms with Crippen molar-refractivity contribution in [1.82, 2.24) is 5.32 Å². The molecule has 0 spiro atoms. The van der Waals surface area contributed by atoms with Crippen molar-refractivity contribution in [2.45, 2.75) is 18.9 Å². The molecule has 92 valence electrons. The van der Waals surface area contributed by atoms with E-state index in [1.165, 1.54) is 12.1 Å². The van der Waals surface area contributed by atoms with Crippen molar-refractivity contribution in [2.24, 2.45) is 0 Å². The summed E-state index contributed by atoms with van der Waals surface area (Å²) in [5.41, 5.74) is 0.281. The third kappa shape index (κ3) is 3.72. The van der Waals surface area contributed by atoms with E-state index in [1.807, 2.05) is 24.9 Å². The van der Waals surface area contributed by atoms with Crippen molar-refractivity contribution < 1.29 is 4.39 Å². The van der Waals surface area contributed by atoms with Crippen molar-refractivity contribution in [3.63, 3.8) is 0 Å². The molecule has 1 unspecified atom stereocenters. The number of nitrogens with one attached hydrogen (secondary N) is 1.